The molecule has 5 nitrogen and oxygen atoms in total. The van der Waals surface area contributed by atoms with Crippen LogP contribution < -0.4 is 10.1 Å². The maximum atomic E-state index is 14.1. The Morgan fingerprint density at radius 1 is 1.47 bits per heavy atom. The first-order valence-corrected chi connectivity index (χ1v) is 6.43. The molecular weight excluding hydrogens is 315 g/mol. The zero-order valence-electron chi connectivity index (χ0n) is 10.8. The molecule has 0 saturated carbocycles. The highest BCUT2D eigenvalue weighted by Crippen LogP contribution is 2.29. The fourth-order valence-electron chi connectivity index (χ4n) is 1.95. The molecule has 0 fully saturated rings. The minimum Gasteiger partial charge on any atom is -0.497 e. The average Bonchev–Trinajstić information content (AvgIpc) is 2.73. The highest BCUT2D eigenvalue weighted by Gasteiger charge is 2.23. The summed E-state index contributed by atoms with van der Waals surface area (Å²) in [5, 5.41) is 10.9. The van der Waals surface area contributed by atoms with E-state index in [2.05, 4.69) is 31.6 Å². The Labute approximate surface area is 118 Å². The van der Waals surface area contributed by atoms with Crippen molar-refractivity contribution in [2.45, 2.75) is 6.04 Å². The van der Waals surface area contributed by atoms with E-state index < -0.39 is 0 Å². The van der Waals surface area contributed by atoms with Crippen LogP contribution in [0.25, 0.3) is 0 Å². The molecule has 0 bridgehead atoms. The molecule has 0 aliphatic carbocycles. The molecule has 0 aliphatic rings. The topological polar surface area (TPSA) is 52.0 Å². The molecule has 7 heteroatoms. The summed E-state index contributed by atoms with van der Waals surface area (Å²) >= 11 is 3.33. The lowest BCUT2D eigenvalue weighted by atomic mass is 10.0. The standard InChI is InChI=1S/C12H14BrFN4O/c1-15-10(11-12(13)16-17-18(11)2)8-5-4-7(19-3)6-9(8)14/h4-6,10,15H,1-3H3. The van der Waals surface area contributed by atoms with Crippen molar-refractivity contribution in [1.82, 2.24) is 20.3 Å². The van der Waals surface area contributed by atoms with Crippen molar-refractivity contribution in [3.63, 3.8) is 0 Å². The minimum absolute atomic E-state index is 0.341. The Morgan fingerprint density at radius 2 is 2.21 bits per heavy atom. The second-order valence-corrected chi connectivity index (χ2v) is 4.75. The highest BCUT2D eigenvalue weighted by molar-refractivity contribution is 9.10. The normalized spacial score (nSPS) is 12.5. The van der Waals surface area contributed by atoms with Gasteiger partial charge >= 0.3 is 0 Å². The van der Waals surface area contributed by atoms with Gasteiger partial charge in [-0.15, -0.1) is 5.10 Å². The predicted octanol–water partition coefficient (Wildman–Crippen LogP) is 2.03. The van der Waals surface area contributed by atoms with Crippen molar-refractivity contribution in [1.29, 1.82) is 0 Å². The second-order valence-electron chi connectivity index (χ2n) is 4.00. The third-order valence-corrected chi connectivity index (χ3v) is 3.47. The number of nitrogens with zero attached hydrogens (tertiary/aromatic N) is 3. The van der Waals surface area contributed by atoms with Gasteiger partial charge in [-0.2, -0.15) is 0 Å². The summed E-state index contributed by atoms with van der Waals surface area (Å²) in [6.07, 6.45) is 0. The summed E-state index contributed by atoms with van der Waals surface area (Å²) in [7, 11) is 5.03. The van der Waals surface area contributed by atoms with E-state index in [0.29, 0.717) is 15.9 Å². The Bertz CT molecular complexity index is 568. The van der Waals surface area contributed by atoms with Gasteiger partial charge in [0, 0.05) is 18.7 Å². The van der Waals surface area contributed by atoms with Gasteiger partial charge in [0.05, 0.1) is 18.8 Å². The SMILES string of the molecule is CNC(c1ccc(OC)cc1F)c1c(Br)nnn1C. The minimum atomic E-state index is -0.347. The first-order chi connectivity index (χ1) is 9.08. The van der Waals surface area contributed by atoms with Gasteiger partial charge in [-0.1, -0.05) is 11.3 Å². The monoisotopic (exact) mass is 328 g/mol. The van der Waals surface area contributed by atoms with Gasteiger partial charge in [-0.3, -0.25) is 0 Å². The van der Waals surface area contributed by atoms with Crippen LogP contribution in [0.1, 0.15) is 17.3 Å². The molecule has 0 saturated heterocycles. The molecule has 0 spiro atoms. The van der Waals surface area contributed by atoms with E-state index in [9.17, 15) is 4.39 Å². The maximum Gasteiger partial charge on any atom is 0.153 e. The van der Waals surface area contributed by atoms with Crippen molar-refractivity contribution in [3.05, 3.63) is 39.9 Å². The molecule has 1 atom stereocenters. The fourth-order valence-corrected chi connectivity index (χ4v) is 2.51. The lowest BCUT2D eigenvalue weighted by molar-refractivity contribution is 0.410. The Morgan fingerprint density at radius 3 is 2.68 bits per heavy atom. The highest BCUT2D eigenvalue weighted by atomic mass is 79.9. The van der Waals surface area contributed by atoms with Crippen LogP contribution in [0.4, 0.5) is 4.39 Å². The molecule has 0 aliphatic heterocycles. The summed E-state index contributed by atoms with van der Waals surface area (Å²) < 4.78 is 21.3. The third kappa shape index (κ3) is 2.62. The lowest BCUT2D eigenvalue weighted by Crippen LogP contribution is -2.22. The van der Waals surface area contributed by atoms with E-state index in [0.717, 1.165) is 5.69 Å². The molecule has 1 N–H and O–H groups in total. The number of hydrogen-bond acceptors (Lipinski definition) is 4. The summed E-state index contributed by atoms with van der Waals surface area (Å²) in [5.41, 5.74) is 1.26. The van der Waals surface area contributed by atoms with Gasteiger partial charge in [0.1, 0.15) is 11.6 Å². The van der Waals surface area contributed by atoms with Crippen LogP contribution in [0.15, 0.2) is 22.8 Å². The number of methoxy groups -OCH3 is 1. The van der Waals surface area contributed by atoms with Gasteiger partial charge in [0.2, 0.25) is 0 Å². The summed E-state index contributed by atoms with van der Waals surface area (Å²) in [5.74, 6) is 0.144. The zero-order valence-corrected chi connectivity index (χ0v) is 12.4. The first kappa shape index (κ1) is 14.0. The van der Waals surface area contributed by atoms with Gasteiger partial charge < -0.3 is 10.1 Å². The van der Waals surface area contributed by atoms with E-state index in [1.165, 1.54) is 13.2 Å². The number of aromatic nitrogens is 3. The number of ether oxygens (including phenoxy) is 1. The van der Waals surface area contributed by atoms with Crippen LogP contribution in [0.3, 0.4) is 0 Å². The third-order valence-electron chi connectivity index (χ3n) is 2.91. The Balaban J connectivity index is 2.48. The van der Waals surface area contributed by atoms with Crippen LogP contribution in [-0.2, 0) is 7.05 Å². The molecule has 1 unspecified atom stereocenters. The summed E-state index contributed by atoms with van der Waals surface area (Å²) in [6, 6.07) is 4.42. The number of nitrogens with one attached hydrogen (secondary N) is 1. The fraction of sp³-hybridized carbons (Fsp3) is 0.333. The molecule has 0 radical (unpaired) electrons. The van der Waals surface area contributed by atoms with E-state index in [1.807, 2.05) is 0 Å². The van der Waals surface area contributed by atoms with E-state index in [-0.39, 0.29) is 11.9 Å². The number of halogens is 2. The molecule has 1 aromatic carbocycles. The zero-order chi connectivity index (χ0) is 14.0. The second kappa shape index (κ2) is 5.66. The first-order valence-electron chi connectivity index (χ1n) is 5.64. The van der Waals surface area contributed by atoms with E-state index in [4.69, 9.17) is 4.74 Å². The largest absolute Gasteiger partial charge is 0.497 e. The van der Waals surface area contributed by atoms with Crippen LogP contribution in [0.2, 0.25) is 0 Å². The molecule has 2 rings (SSSR count). The number of benzene rings is 1. The maximum absolute atomic E-state index is 14.1. The number of rotatable bonds is 4. The van der Waals surface area contributed by atoms with Gasteiger partial charge in [-0.05, 0) is 29.0 Å². The molecule has 1 aromatic heterocycles. The van der Waals surface area contributed by atoms with Crippen LogP contribution >= 0.6 is 15.9 Å². The Hall–Kier alpha value is -1.47. The van der Waals surface area contributed by atoms with Crippen molar-refractivity contribution < 1.29 is 9.13 Å². The molecular formula is C12H14BrFN4O. The molecule has 2 aromatic rings. The van der Waals surface area contributed by atoms with Gasteiger partial charge in [0.15, 0.2) is 4.60 Å². The van der Waals surface area contributed by atoms with Crippen molar-refractivity contribution in [2.75, 3.05) is 14.2 Å². The van der Waals surface area contributed by atoms with Crippen LogP contribution in [0.5, 0.6) is 5.75 Å². The summed E-state index contributed by atoms with van der Waals surface area (Å²) in [4.78, 5) is 0. The van der Waals surface area contributed by atoms with Crippen molar-refractivity contribution >= 4 is 15.9 Å². The van der Waals surface area contributed by atoms with Crippen molar-refractivity contribution in [3.8, 4) is 5.75 Å². The van der Waals surface area contributed by atoms with Gasteiger partial charge in [-0.25, -0.2) is 9.07 Å². The quantitative estimate of drug-likeness (QED) is 0.933. The molecule has 1 heterocycles. The average molecular weight is 329 g/mol. The van der Waals surface area contributed by atoms with Gasteiger partial charge in [0.25, 0.3) is 0 Å². The smallest absolute Gasteiger partial charge is 0.153 e. The van der Waals surface area contributed by atoms with E-state index >= 15 is 0 Å². The lowest BCUT2D eigenvalue weighted by Gasteiger charge is -2.18. The molecule has 102 valence electrons. The van der Waals surface area contributed by atoms with Crippen molar-refractivity contribution in [2.24, 2.45) is 7.05 Å². The summed E-state index contributed by atoms with van der Waals surface area (Å²) in [6.45, 7) is 0. The van der Waals surface area contributed by atoms with Crippen LogP contribution in [-0.4, -0.2) is 29.2 Å². The number of hydrogen-bond donors (Lipinski definition) is 1. The molecule has 0 amide bonds. The number of aryl methyl sites for hydroxylation is 1. The van der Waals surface area contributed by atoms with E-state index in [1.54, 1.807) is 30.9 Å². The van der Waals surface area contributed by atoms with Crippen LogP contribution in [0, 0.1) is 5.82 Å². The molecule has 19 heavy (non-hydrogen) atoms. The predicted molar refractivity (Wildman–Crippen MR) is 72.6 cm³/mol. The Kier molecular flexibility index (Phi) is 4.16.